The summed E-state index contributed by atoms with van der Waals surface area (Å²) in [6, 6.07) is 3.89. The summed E-state index contributed by atoms with van der Waals surface area (Å²) in [6.07, 6.45) is 3.33. The Labute approximate surface area is 69.9 Å². The smallest absolute Gasteiger partial charge is 0.157 e. The lowest BCUT2D eigenvalue weighted by atomic mass is 10.1. The minimum Gasteiger partial charge on any atom is -0.290 e. The van der Waals surface area contributed by atoms with Gasteiger partial charge in [0.05, 0.1) is 0 Å². The molecule has 0 radical (unpaired) electrons. The number of nitrogens with zero attached hydrogens (tertiary/aromatic N) is 2. The van der Waals surface area contributed by atoms with Gasteiger partial charge < -0.3 is 0 Å². The second-order valence-electron chi connectivity index (χ2n) is 2.66. The average Bonchev–Trinajstić information content (AvgIpc) is 2.17. The van der Waals surface area contributed by atoms with E-state index in [1.807, 2.05) is 12.1 Å². The van der Waals surface area contributed by atoms with Crippen molar-refractivity contribution in [1.82, 2.24) is 10.5 Å². The topological polar surface area (TPSA) is 57.5 Å². The third kappa shape index (κ3) is 1.16. The Balaban J connectivity index is 2.41. The minimum absolute atomic E-state index is 0.584. The summed E-state index contributed by atoms with van der Waals surface area (Å²) in [5, 5.41) is 8.61. The molecular formula is C8H9N3O. The van der Waals surface area contributed by atoms with Gasteiger partial charge in [-0.1, -0.05) is 6.07 Å². The summed E-state index contributed by atoms with van der Waals surface area (Å²) < 4.78 is 0. The van der Waals surface area contributed by atoms with Gasteiger partial charge >= 0.3 is 0 Å². The first-order valence-electron chi connectivity index (χ1n) is 3.82. The summed E-state index contributed by atoms with van der Waals surface area (Å²) in [5.41, 5.74) is 3.19. The molecule has 0 spiro atoms. The highest BCUT2D eigenvalue weighted by molar-refractivity contribution is 5.85. The van der Waals surface area contributed by atoms with Crippen LogP contribution in [0.3, 0.4) is 0 Å². The molecule has 4 nitrogen and oxygen atoms in total. The molecule has 0 amide bonds. The van der Waals surface area contributed by atoms with Crippen molar-refractivity contribution >= 4 is 11.7 Å². The summed E-state index contributed by atoms with van der Waals surface area (Å²) in [7, 11) is 0. The van der Waals surface area contributed by atoms with Crippen molar-refractivity contribution in [2.24, 2.45) is 4.99 Å². The highest BCUT2D eigenvalue weighted by Crippen LogP contribution is 2.21. The molecule has 0 atom stereocenters. The van der Waals surface area contributed by atoms with Gasteiger partial charge in [-0.05, 0) is 18.1 Å². The van der Waals surface area contributed by atoms with Crippen molar-refractivity contribution in [3.05, 3.63) is 23.9 Å². The van der Waals surface area contributed by atoms with Gasteiger partial charge in [-0.2, -0.15) is 0 Å². The fraction of sp³-hybridized carbons (Fsp3) is 0.250. The number of amidine groups is 1. The Morgan fingerprint density at radius 1 is 1.42 bits per heavy atom. The summed E-state index contributed by atoms with van der Waals surface area (Å²) in [5.74, 6) is 1.29. The molecule has 0 saturated heterocycles. The van der Waals surface area contributed by atoms with E-state index in [0.29, 0.717) is 11.7 Å². The molecular weight excluding hydrogens is 154 g/mol. The van der Waals surface area contributed by atoms with Gasteiger partial charge in [0.2, 0.25) is 0 Å². The number of pyridine rings is 1. The first kappa shape index (κ1) is 7.24. The lowest BCUT2D eigenvalue weighted by Gasteiger charge is -2.12. The van der Waals surface area contributed by atoms with Crippen molar-refractivity contribution in [1.29, 1.82) is 0 Å². The normalized spacial score (nSPS) is 14.9. The van der Waals surface area contributed by atoms with Crippen molar-refractivity contribution in [2.45, 2.75) is 12.8 Å². The van der Waals surface area contributed by atoms with E-state index in [-0.39, 0.29) is 0 Å². The molecule has 62 valence electrons. The number of aryl methyl sites for hydroxylation is 1. The molecule has 2 rings (SSSR count). The van der Waals surface area contributed by atoms with Crippen molar-refractivity contribution < 1.29 is 5.21 Å². The van der Waals surface area contributed by atoms with Crippen LogP contribution < -0.4 is 5.48 Å². The lowest BCUT2D eigenvalue weighted by molar-refractivity contribution is 0.231. The molecule has 1 aliphatic heterocycles. The second kappa shape index (κ2) is 2.91. The maximum atomic E-state index is 8.61. The first-order valence-corrected chi connectivity index (χ1v) is 3.82. The number of hydrogen-bond donors (Lipinski definition) is 2. The van der Waals surface area contributed by atoms with Crippen molar-refractivity contribution in [3.8, 4) is 0 Å². The highest BCUT2D eigenvalue weighted by Gasteiger charge is 2.10. The van der Waals surface area contributed by atoms with Crippen LogP contribution in [0.25, 0.3) is 0 Å². The molecule has 0 bridgehead atoms. The van der Waals surface area contributed by atoms with Gasteiger partial charge in [0.1, 0.15) is 5.84 Å². The SMILES string of the molecule is ONC1=Nc2ncccc2CC1. The molecule has 0 fully saturated rings. The van der Waals surface area contributed by atoms with E-state index >= 15 is 0 Å². The Morgan fingerprint density at radius 2 is 2.33 bits per heavy atom. The van der Waals surface area contributed by atoms with Gasteiger partial charge in [-0.3, -0.25) is 10.7 Å². The van der Waals surface area contributed by atoms with Crippen LogP contribution in [0.4, 0.5) is 5.82 Å². The van der Waals surface area contributed by atoms with Crippen LogP contribution in [0.1, 0.15) is 12.0 Å². The monoisotopic (exact) mass is 163 g/mol. The average molecular weight is 163 g/mol. The first-order chi connectivity index (χ1) is 5.90. The van der Waals surface area contributed by atoms with Gasteiger partial charge in [-0.15, -0.1) is 0 Å². The van der Waals surface area contributed by atoms with E-state index in [1.54, 1.807) is 6.20 Å². The molecule has 0 unspecified atom stereocenters. The Morgan fingerprint density at radius 3 is 3.17 bits per heavy atom. The predicted octanol–water partition coefficient (Wildman–Crippen LogP) is 1.04. The van der Waals surface area contributed by atoms with E-state index < -0.39 is 0 Å². The van der Waals surface area contributed by atoms with Gasteiger partial charge in [0, 0.05) is 12.6 Å². The maximum Gasteiger partial charge on any atom is 0.157 e. The molecule has 0 saturated carbocycles. The molecule has 0 aromatic carbocycles. The van der Waals surface area contributed by atoms with Crippen LogP contribution in [0.5, 0.6) is 0 Å². The number of aliphatic imine (C=N–C) groups is 1. The van der Waals surface area contributed by atoms with Crippen LogP contribution in [0, 0.1) is 0 Å². The molecule has 4 heteroatoms. The van der Waals surface area contributed by atoms with E-state index in [4.69, 9.17) is 5.21 Å². The molecule has 12 heavy (non-hydrogen) atoms. The number of hydroxylamine groups is 1. The Bertz CT molecular complexity index is 322. The summed E-state index contributed by atoms with van der Waals surface area (Å²) in [6.45, 7) is 0. The number of rotatable bonds is 0. The van der Waals surface area contributed by atoms with Crippen molar-refractivity contribution in [2.75, 3.05) is 0 Å². The zero-order valence-electron chi connectivity index (χ0n) is 6.49. The fourth-order valence-corrected chi connectivity index (χ4v) is 1.24. The van der Waals surface area contributed by atoms with E-state index in [0.717, 1.165) is 18.4 Å². The molecule has 2 N–H and O–H groups in total. The van der Waals surface area contributed by atoms with Gasteiger partial charge in [0.15, 0.2) is 5.82 Å². The lowest BCUT2D eigenvalue weighted by Crippen LogP contribution is -2.21. The molecule has 0 aliphatic carbocycles. The maximum absolute atomic E-state index is 8.61. The third-order valence-electron chi connectivity index (χ3n) is 1.87. The molecule has 1 aromatic rings. The van der Waals surface area contributed by atoms with Crippen LogP contribution >= 0.6 is 0 Å². The number of nitrogens with one attached hydrogen (secondary N) is 1. The number of fused-ring (bicyclic) bond motifs is 1. The molecule has 1 aromatic heterocycles. The van der Waals surface area contributed by atoms with E-state index in [2.05, 4.69) is 15.5 Å². The van der Waals surface area contributed by atoms with Crippen LogP contribution in [0.2, 0.25) is 0 Å². The van der Waals surface area contributed by atoms with Crippen LogP contribution in [-0.2, 0) is 6.42 Å². The van der Waals surface area contributed by atoms with Crippen LogP contribution in [-0.4, -0.2) is 16.0 Å². The summed E-state index contributed by atoms with van der Waals surface area (Å²) in [4.78, 5) is 8.19. The minimum atomic E-state index is 0.584. The zero-order valence-corrected chi connectivity index (χ0v) is 6.49. The Hall–Kier alpha value is -1.42. The zero-order chi connectivity index (χ0) is 8.39. The van der Waals surface area contributed by atoms with Crippen molar-refractivity contribution in [3.63, 3.8) is 0 Å². The second-order valence-corrected chi connectivity index (χ2v) is 2.66. The van der Waals surface area contributed by atoms with E-state index in [1.165, 1.54) is 0 Å². The highest BCUT2D eigenvalue weighted by atomic mass is 16.5. The number of hydrogen-bond acceptors (Lipinski definition) is 4. The summed E-state index contributed by atoms with van der Waals surface area (Å²) >= 11 is 0. The largest absolute Gasteiger partial charge is 0.290 e. The van der Waals surface area contributed by atoms with Gasteiger partial charge in [0.25, 0.3) is 0 Å². The molecule has 1 aliphatic rings. The Kier molecular flexibility index (Phi) is 1.75. The van der Waals surface area contributed by atoms with Crippen LogP contribution in [0.15, 0.2) is 23.3 Å². The molecule has 2 heterocycles. The number of aromatic nitrogens is 1. The van der Waals surface area contributed by atoms with E-state index in [9.17, 15) is 0 Å². The predicted molar refractivity (Wildman–Crippen MR) is 44.6 cm³/mol. The third-order valence-corrected chi connectivity index (χ3v) is 1.87. The standard InChI is InChI=1S/C8H9N3O/c12-11-7-4-3-6-2-1-5-9-8(6)10-7/h1-2,5,12H,3-4H2,(H,9,10,11). The quantitative estimate of drug-likeness (QED) is 0.562. The van der Waals surface area contributed by atoms with Gasteiger partial charge in [-0.25, -0.2) is 9.98 Å². The fourth-order valence-electron chi connectivity index (χ4n) is 1.24.